The molecule has 3 N–H and O–H groups in total. The Bertz CT molecular complexity index is 861. The van der Waals surface area contributed by atoms with E-state index in [1.807, 2.05) is 6.92 Å². The molecule has 1 aliphatic heterocycles. The van der Waals surface area contributed by atoms with Crippen LogP contribution >= 0.6 is 0 Å². The van der Waals surface area contributed by atoms with Gasteiger partial charge in [-0.1, -0.05) is 0 Å². The van der Waals surface area contributed by atoms with Gasteiger partial charge in [0.25, 0.3) is 5.91 Å². The third-order valence-corrected chi connectivity index (χ3v) is 7.62. The Morgan fingerprint density at radius 3 is 2.33 bits per heavy atom. The third-order valence-electron chi connectivity index (χ3n) is 7.62. The van der Waals surface area contributed by atoms with E-state index in [0.717, 1.165) is 29.0 Å². The molecule has 1 aromatic carbocycles. The van der Waals surface area contributed by atoms with Crippen molar-refractivity contribution in [3.63, 3.8) is 0 Å². The number of nitrogens with zero attached hydrogens (tertiary/aromatic N) is 1. The lowest BCUT2D eigenvalue weighted by atomic mass is 9.49. The summed E-state index contributed by atoms with van der Waals surface area (Å²) < 4.78 is 0. The van der Waals surface area contributed by atoms with Gasteiger partial charge in [-0.05, 0) is 92.4 Å². The average Bonchev–Trinajstić information content (AvgIpc) is 3.10. The van der Waals surface area contributed by atoms with Crippen LogP contribution in [0, 0.1) is 30.1 Å². The molecular weight excluding hydrogens is 380 g/mol. The summed E-state index contributed by atoms with van der Waals surface area (Å²) in [6.45, 7) is 3.12. The van der Waals surface area contributed by atoms with Crippen molar-refractivity contribution in [1.29, 1.82) is 0 Å². The maximum atomic E-state index is 12.6. The number of nitrogens with one attached hydrogen (secondary N) is 3. The predicted octanol–water partition coefficient (Wildman–Crippen LogP) is 2.89. The van der Waals surface area contributed by atoms with Crippen molar-refractivity contribution in [3.8, 4) is 0 Å². The number of anilines is 1. The Morgan fingerprint density at radius 2 is 1.77 bits per heavy atom. The van der Waals surface area contributed by atoms with Gasteiger partial charge in [0.2, 0.25) is 5.91 Å². The van der Waals surface area contributed by atoms with Crippen LogP contribution in [0.3, 0.4) is 0 Å². The summed E-state index contributed by atoms with van der Waals surface area (Å²) in [6, 6.07) is 5.11. The molecule has 4 saturated carbocycles. The largest absolute Gasteiger partial charge is 0.336 e. The van der Waals surface area contributed by atoms with Crippen LogP contribution in [-0.2, 0) is 4.79 Å². The van der Waals surface area contributed by atoms with Gasteiger partial charge in [-0.3, -0.25) is 25.3 Å². The van der Waals surface area contributed by atoms with Crippen LogP contribution in [0.2, 0.25) is 0 Å². The second kappa shape index (κ2) is 7.29. The Hall–Kier alpha value is -2.57. The summed E-state index contributed by atoms with van der Waals surface area (Å²) >= 11 is 0. The topological polar surface area (TPSA) is 90.5 Å². The van der Waals surface area contributed by atoms with Crippen molar-refractivity contribution in [2.75, 3.05) is 18.0 Å². The lowest BCUT2D eigenvalue weighted by Crippen LogP contribution is -2.50. The number of amides is 4. The van der Waals surface area contributed by atoms with Gasteiger partial charge < -0.3 is 5.32 Å². The third kappa shape index (κ3) is 3.55. The molecule has 0 atom stereocenters. The molecular formula is C23H30N4O3. The Morgan fingerprint density at radius 1 is 1.10 bits per heavy atom. The van der Waals surface area contributed by atoms with Gasteiger partial charge in [0.1, 0.15) is 0 Å². The molecule has 160 valence electrons. The first-order valence-electron chi connectivity index (χ1n) is 11.2. The zero-order valence-corrected chi connectivity index (χ0v) is 17.5. The first-order chi connectivity index (χ1) is 14.4. The standard InChI is InChI=1S/C23H30N4O3/c1-14-6-18(2-3-19(14)27-5-4-24-22(27)30)21(29)26-25-20(28)13-23-10-15-7-16(11-23)9-17(8-15)12-23/h2-3,6,15-17H,4-5,7-13H2,1H3,(H,24,30)(H,25,28)(H,26,29). The van der Waals surface area contributed by atoms with Crippen LogP contribution in [0.5, 0.6) is 0 Å². The lowest BCUT2D eigenvalue weighted by molar-refractivity contribution is -0.130. The fraction of sp³-hybridized carbons (Fsp3) is 0.609. The molecule has 0 radical (unpaired) electrons. The molecule has 4 amide bonds. The summed E-state index contributed by atoms with van der Waals surface area (Å²) in [4.78, 5) is 38.7. The van der Waals surface area contributed by atoms with E-state index in [0.29, 0.717) is 25.1 Å². The first kappa shape index (κ1) is 19.4. The zero-order chi connectivity index (χ0) is 20.9. The SMILES string of the molecule is Cc1cc(C(=O)NNC(=O)CC23CC4CC(CC(C4)C2)C3)ccc1N1CCNC1=O. The van der Waals surface area contributed by atoms with E-state index in [1.54, 1.807) is 23.1 Å². The van der Waals surface area contributed by atoms with Gasteiger partial charge in [-0.2, -0.15) is 0 Å². The van der Waals surface area contributed by atoms with Crippen LogP contribution in [0.15, 0.2) is 18.2 Å². The number of hydrogen-bond donors (Lipinski definition) is 3. The monoisotopic (exact) mass is 410 g/mol. The Kier molecular flexibility index (Phi) is 4.71. The summed E-state index contributed by atoms with van der Waals surface area (Å²) in [7, 11) is 0. The van der Waals surface area contributed by atoms with Gasteiger partial charge in [0.05, 0.1) is 0 Å². The minimum atomic E-state index is -0.339. The van der Waals surface area contributed by atoms with E-state index in [1.165, 1.54) is 38.5 Å². The minimum Gasteiger partial charge on any atom is -0.336 e. The summed E-state index contributed by atoms with van der Waals surface area (Å²) in [5.74, 6) is 1.98. The molecule has 1 heterocycles. The van der Waals surface area contributed by atoms with Crippen LogP contribution in [0.25, 0.3) is 0 Å². The molecule has 7 nitrogen and oxygen atoms in total. The van der Waals surface area contributed by atoms with Crippen LogP contribution in [0.1, 0.15) is 60.9 Å². The van der Waals surface area contributed by atoms with Crippen LogP contribution in [-0.4, -0.2) is 30.9 Å². The maximum absolute atomic E-state index is 12.6. The maximum Gasteiger partial charge on any atom is 0.322 e. The number of urea groups is 1. The number of carbonyl (C=O) groups excluding carboxylic acids is 3. The fourth-order valence-corrected chi connectivity index (χ4v) is 6.89. The number of hydrazine groups is 1. The Labute approximate surface area is 176 Å². The van der Waals surface area contributed by atoms with E-state index in [2.05, 4.69) is 16.2 Å². The summed E-state index contributed by atoms with van der Waals surface area (Å²) in [5, 5.41) is 2.78. The number of benzene rings is 1. The highest BCUT2D eigenvalue weighted by Crippen LogP contribution is 2.61. The molecule has 5 fully saturated rings. The van der Waals surface area contributed by atoms with Crippen molar-refractivity contribution in [3.05, 3.63) is 29.3 Å². The molecule has 0 spiro atoms. The normalized spacial score (nSPS) is 31.6. The molecule has 5 aliphatic rings. The number of hydrogen-bond acceptors (Lipinski definition) is 3. The quantitative estimate of drug-likeness (QED) is 0.667. The van der Waals surface area contributed by atoms with Gasteiger partial charge in [-0.15, -0.1) is 0 Å². The van der Waals surface area contributed by atoms with E-state index in [4.69, 9.17) is 0 Å². The van der Waals surface area contributed by atoms with E-state index in [9.17, 15) is 14.4 Å². The highest BCUT2D eigenvalue weighted by atomic mass is 16.2. The smallest absolute Gasteiger partial charge is 0.322 e. The summed E-state index contributed by atoms with van der Waals surface area (Å²) in [6.07, 6.45) is 8.09. The van der Waals surface area contributed by atoms with E-state index in [-0.39, 0.29) is 23.3 Å². The van der Waals surface area contributed by atoms with E-state index < -0.39 is 0 Å². The highest BCUT2D eigenvalue weighted by Gasteiger charge is 2.51. The van der Waals surface area contributed by atoms with Crippen LogP contribution in [0.4, 0.5) is 10.5 Å². The van der Waals surface area contributed by atoms with Crippen LogP contribution < -0.4 is 21.1 Å². The van der Waals surface area contributed by atoms with Crippen molar-refractivity contribution >= 4 is 23.5 Å². The highest BCUT2D eigenvalue weighted by molar-refractivity contribution is 5.98. The molecule has 0 aromatic heterocycles. The van der Waals surface area contributed by atoms with Gasteiger partial charge in [-0.25, -0.2) is 4.79 Å². The van der Waals surface area contributed by atoms with Gasteiger partial charge in [0.15, 0.2) is 0 Å². The molecule has 1 aromatic rings. The zero-order valence-electron chi connectivity index (χ0n) is 17.5. The van der Waals surface area contributed by atoms with Crippen molar-refractivity contribution in [1.82, 2.24) is 16.2 Å². The number of rotatable bonds is 4. The molecule has 1 saturated heterocycles. The van der Waals surface area contributed by atoms with Crippen molar-refractivity contribution < 1.29 is 14.4 Å². The molecule has 30 heavy (non-hydrogen) atoms. The minimum absolute atomic E-state index is 0.0904. The molecule has 0 unspecified atom stereocenters. The number of carbonyl (C=O) groups is 3. The van der Waals surface area contributed by atoms with Gasteiger partial charge >= 0.3 is 6.03 Å². The average molecular weight is 411 g/mol. The van der Waals surface area contributed by atoms with Crippen molar-refractivity contribution in [2.45, 2.75) is 51.9 Å². The fourth-order valence-electron chi connectivity index (χ4n) is 6.89. The molecule has 6 rings (SSSR count). The van der Waals surface area contributed by atoms with Crippen molar-refractivity contribution in [2.24, 2.45) is 23.2 Å². The van der Waals surface area contributed by atoms with E-state index >= 15 is 0 Å². The second-order valence-corrected chi connectivity index (χ2v) is 9.98. The lowest BCUT2D eigenvalue weighted by Gasteiger charge is -2.56. The van der Waals surface area contributed by atoms with Gasteiger partial charge in [0, 0.05) is 30.8 Å². The second-order valence-electron chi connectivity index (χ2n) is 9.98. The molecule has 4 aliphatic carbocycles. The predicted molar refractivity (Wildman–Crippen MR) is 113 cm³/mol. The molecule has 4 bridgehead atoms. The summed E-state index contributed by atoms with van der Waals surface area (Å²) in [5.41, 5.74) is 7.47. The molecule has 7 heteroatoms. The number of aryl methyl sites for hydroxylation is 1. The Balaban J connectivity index is 1.18. The first-order valence-corrected chi connectivity index (χ1v) is 11.2.